The summed E-state index contributed by atoms with van der Waals surface area (Å²) < 4.78 is 30.7. The van der Waals surface area contributed by atoms with Crippen LogP contribution in [0.15, 0.2) is 28.0 Å². The Labute approximate surface area is 146 Å². The van der Waals surface area contributed by atoms with E-state index in [4.69, 9.17) is 15.6 Å². The quantitative estimate of drug-likeness (QED) is 0.653. The molecular formula is C16H24N2O6S. The summed E-state index contributed by atoms with van der Waals surface area (Å²) in [7, 11) is -3.64. The number of aliphatic hydroxyl groups is 1. The Morgan fingerprint density at radius 2 is 2.08 bits per heavy atom. The topological polar surface area (TPSA) is 129 Å². The zero-order valence-corrected chi connectivity index (χ0v) is 14.8. The number of pyridine rings is 1. The van der Waals surface area contributed by atoms with E-state index < -0.39 is 27.3 Å². The maximum Gasteiger partial charge on any atom is 0.252 e. The maximum absolute atomic E-state index is 12.4. The summed E-state index contributed by atoms with van der Waals surface area (Å²) in [6.07, 6.45) is 3.43. The Hall–Kier alpha value is -1.71. The molecule has 1 saturated heterocycles. The number of amides is 1. The summed E-state index contributed by atoms with van der Waals surface area (Å²) in [5.41, 5.74) is 4.89. The number of rotatable bonds is 8. The second kappa shape index (κ2) is 8.59. The van der Waals surface area contributed by atoms with E-state index in [9.17, 15) is 18.0 Å². The molecule has 0 saturated carbocycles. The van der Waals surface area contributed by atoms with Gasteiger partial charge in [0, 0.05) is 32.1 Å². The van der Waals surface area contributed by atoms with Crippen LogP contribution in [0.2, 0.25) is 0 Å². The third-order valence-electron chi connectivity index (χ3n) is 4.41. The molecule has 8 nitrogen and oxygen atoms in total. The zero-order valence-electron chi connectivity index (χ0n) is 14.0. The Bertz CT molecular complexity index is 752. The van der Waals surface area contributed by atoms with E-state index in [2.05, 4.69) is 0 Å². The van der Waals surface area contributed by atoms with Crippen molar-refractivity contribution in [3.8, 4) is 0 Å². The largest absolute Gasteiger partial charge is 0.396 e. The van der Waals surface area contributed by atoms with Crippen molar-refractivity contribution in [1.82, 2.24) is 4.57 Å². The first kappa shape index (κ1) is 19.6. The predicted octanol–water partition coefficient (Wildman–Crippen LogP) is -0.152. The third kappa shape index (κ3) is 5.13. The molecule has 0 bridgehead atoms. The van der Waals surface area contributed by atoms with Crippen molar-refractivity contribution in [2.45, 2.75) is 36.6 Å². The van der Waals surface area contributed by atoms with Crippen LogP contribution < -0.4 is 11.3 Å². The smallest absolute Gasteiger partial charge is 0.252 e. The van der Waals surface area contributed by atoms with Crippen LogP contribution in [0.5, 0.6) is 0 Å². The maximum atomic E-state index is 12.4. The van der Waals surface area contributed by atoms with Gasteiger partial charge in [-0.2, -0.15) is 0 Å². The summed E-state index contributed by atoms with van der Waals surface area (Å²) in [6.45, 7) is 0.991. The summed E-state index contributed by atoms with van der Waals surface area (Å²) in [6, 6.07) is 1.49. The number of carbonyl (C=O) groups is 1. The van der Waals surface area contributed by atoms with E-state index in [0.717, 1.165) is 18.9 Å². The minimum absolute atomic E-state index is 0.0963. The van der Waals surface area contributed by atoms with E-state index in [0.29, 0.717) is 19.6 Å². The molecule has 2 heterocycles. The molecule has 0 radical (unpaired) electrons. The Morgan fingerprint density at radius 1 is 1.40 bits per heavy atom. The van der Waals surface area contributed by atoms with Crippen molar-refractivity contribution in [2.75, 3.05) is 25.6 Å². The van der Waals surface area contributed by atoms with Crippen LogP contribution in [0, 0.1) is 5.92 Å². The fourth-order valence-corrected chi connectivity index (χ4v) is 4.25. The first-order valence-electron chi connectivity index (χ1n) is 8.28. The molecule has 0 aromatic carbocycles. The Balaban J connectivity index is 2.24. The molecule has 1 aromatic heterocycles. The van der Waals surface area contributed by atoms with Gasteiger partial charge in [0.25, 0.3) is 5.56 Å². The first-order chi connectivity index (χ1) is 11.8. The number of nitrogens with two attached hydrogens (primary N) is 1. The number of nitrogens with zero attached hydrogens (tertiary/aromatic N) is 1. The van der Waals surface area contributed by atoms with Crippen molar-refractivity contribution in [2.24, 2.45) is 11.7 Å². The lowest BCUT2D eigenvalue weighted by atomic mass is 9.92. The SMILES string of the molecule is NC(=O)C(CC1CCOCC1)n1ccc(S(=O)(=O)CCCO)cc1=O. The molecule has 140 valence electrons. The average molecular weight is 372 g/mol. The highest BCUT2D eigenvalue weighted by molar-refractivity contribution is 7.91. The third-order valence-corrected chi connectivity index (χ3v) is 6.21. The zero-order chi connectivity index (χ0) is 18.4. The van der Waals surface area contributed by atoms with Gasteiger partial charge in [0.15, 0.2) is 9.84 Å². The standard InChI is InChI=1S/C16H24N2O6S/c17-16(21)14(10-12-3-7-24-8-4-12)18-5-2-13(11-15(18)20)25(22,23)9-1-6-19/h2,5,11-12,14,19H,1,3-4,6-10H2,(H2,17,21). The second-order valence-electron chi connectivity index (χ2n) is 6.21. The number of aliphatic hydroxyl groups excluding tert-OH is 1. The minimum Gasteiger partial charge on any atom is -0.396 e. The number of ether oxygens (including phenoxy) is 1. The summed E-state index contributed by atoms with van der Waals surface area (Å²) in [4.78, 5) is 24.1. The normalized spacial score (nSPS) is 17.3. The summed E-state index contributed by atoms with van der Waals surface area (Å²) in [5.74, 6) is -0.635. The summed E-state index contributed by atoms with van der Waals surface area (Å²) >= 11 is 0. The average Bonchev–Trinajstić information content (AvgIpc) is 2.59. The Morgan fingerprint density at radius 3 is 2.64 bits per heavy atom. The van der Waals surface area contributed by atoms with Crippen LogP contribution >= 0.6 is 0 Å². The molecular weight excluding hydrogens is 348 g/mol. The molecule has 2 rings (SSSR count). The second-order valence-corrected chi connectivity index (χ2v) is 8.32. The molecule has 1 aliphatic rings. The van der Waals surface area contributed by atoms with Crippen molar-refractivity contribution >= 4 is 15.7 Å². The molecule has 3 N–H and O–H groups in total. The number of aromatic nitrogens is 1. The fourth-order valence-electron chi connectivity index (χ4n) is 2.96. The van der Waals surface area contributed by atoms with Crippen LogP contribution in [0.25, 0.3) is 0 Å². The lowest BCUT2D eigenvalue weighted by molar-refractivity contribution is -0.122. The minimum atomic E-state index is -3.64. The molecule has 1 aromatic rings. The number of primary amides is 1. The van der Waals surface area contributed by atoms with E-state index in [1.807, 2.05) is 0 Å². The summed E-state index contributed by atoms with van der Waals surface area (Å²) in [5, 5.41) is 8.77. The van der Waals surface area contributed by atoms with Gasteiger partial charge in [-0.15, -0.1) is 0 Å². The molecule has 0 spiro atoms. The number of sulfone groups is 1. The van der Waals surface area contributed by atoms with Crippen LogP contribution in [-0.4, -0.2) is 49.6 Å². The molecule has 9 heteroatoms. The molecule has 1 unspecified atom stereocenters. The van der Waals surface area contributed by atoms with Gasteiger partial charge in [-0.1, -0.05) is 0 Å². The number of hydrogen-bond donors (Lipinski definition) is 2. The van der Waals surface area contributed by atoms with Crippen molar-refractivity contribution in [3.63, 3.8) is 0 Å². The lowest BCUT2D eigenvalue weighted by Gasteiger charge is -2.26. The van der Waals surface area contributed by atoms with E-state index >= 15 is 0 Å². The van der Waals surface area contributed by atoms with Gasteiger partial charge in [-0.3, -0.25) is 9.59 Å². The van der Waals surface area contributed by atoms with Crippen molar-refractivity contribution in [1.29, 1.82) is 0 Å². The van der Waals surface area contributed by atoms with Crippen molar-refractivity contribution < 1.29 is 23.1 Å². The Kier molecular flexibility index (Phi) is 6.74. The molecule has 1 aliphatic heterocycles. The van der Waals surface area contributed by atoms with Gasteiger partial charge in [-0.05, 0) is 37.7 Å². The van der Waals surface area contributed by atoms with Crippen LogP contribution in [-0.2, 0) is 19.4 Å². The molecule has 1 amide bonds. The van der Waals surface area contributed by atoms with E-state index in [-0.39, 0.29) is 29.6 Å². The van der Waals surface area contributed by atoms with Crippen molar-refractivity contribution in [3.05, 3.63) is 28.7 Å². The molecule has 25 heavy (non-hydrogen) atoms. The number of hydrogen-bond acceptors (Lipinski definition) is 6. The van der Waals surface area contributed by atoms with Gasteiger partial charge in [0.2, 0.25) is 5.91 Å². The molecule has 1 fully saturated rings. The molecule has 0 aliphatic carbocycles. The van der Waals surface area contributed by atoms with Gasteiger partial charge in [0.05, 0.1) is 10.6 Å². The van der Waals surface area contributed by atoms with Gasteiger partial charge < -0.3 is 20.1 Å². The fraction of sp³-hybridized carbons (Fsp3) is 0.625. The van der Waals surface area contributed by atoms with E-state index in [1.54, 1.807) is 0 Å². The first-order valence-corrected chi connectivity index (χ1v) is 9.93. The number of carbonyl (C=O) groups excluding carboxylic acids is 1. The lowest BCUT2D eigenvalue weighted by Crippen LogP contribution is -2.35. The van der Waals surface area contributed by atoms with Gasteiger partial charge in [-0.25, -0.2) is 8.42 Å². The van der Waals surface area contributed by atoms with Crippen LogP contribution in [0.3, 0.4) is 0 Å². The van der Waals surface area contributed by atoms with Crippen LogP contribution in [0.4, 0.5) is 0 Å². The highest BCUT2D eigenvalue weighted by Gasteiger charge is 2.26. The van der Waals surface area contributed by atoms with Crippen LogP contribution in [0.1, 0.15) is 31.7 Å². The van der Waals surface area contributed by atoms with Gasteiger partial charge in [0.1, 0.15) is 6.04 Å². The van der Waals surface area contributed by atoms with E-state index in [1.165, 1.54) is 16.8 Å². The predicted molar refractivity (Wildman–Crippen MR) is 90.8 cm³/mol. The highest BCUT2D eigenvalue weighted by Crippen LogP contribution is 2.25. The highest BCUT2D eigenvalue weighted by atomic mass is 32.2. The molecule has 1 atom stereocenters. The van der Waals surface area contributed by atoms with Gasteiger partial charge >= 0.3 is 0 Å². The monoisotopic (exact) mass is 372 g/mol.